The van der Waals surface area contributed by atoms with Gasteiger partial charge in [-0.1, -0.05) is 29.3 Å². The maximum Gasteiger partial charge on any atom is 0.125 e. The predicted octanol–water partition coefficient (Wildman–Crippen LogP) is 3.83. The average Bonchev–Trinajstić information content (AvgIpc) is 2.95. The minimum Gasteiger partial charge on any atom is -0.493 e. The standard InChI is InChI=1S/C16H22BrNO/c1-2-11-3-5-16(18,9-11)10-13-8-14(17)7-12-4-6-19-15(12)13/h7-8,11H,2-6,9-10,18H2,1H3. The van der Waals surface area contributed by atoms with E-state index in [9.17, 15) is 0 Å². The molecule has 1 heterocycles. The topological polar surface area (TPSA) is 35.2 Å². The van der Waals surface area contributed by atoms with E-state index in [0.717, 1.165) is 48.4 Å². The highest BCUT2D eigenvalue weighted by Gasteiger charge is 2.36. The van der Waals surface area contributed by atoms with Crippen molar-refractivity contribution in [3.8, 4) is 5.75 Å². The quantitative estimate of drug-likeness (QED) is 0.917. The maximum atomic E-state index is 6.63. The Balaban J connectivity index is 1.84. The number of fused-ring (bicyclic) bond motifs is 1. The van der Waals surface area contributed by atoms with Gasteiger partial charge >= 0.3 is 0 Å². The highest BCUT2D eigenvalue weighted by Crippen LogP contribution is 2.40. The van der Waals surface area contributed by atoms with E-state index in [1.54, 1.807) is 0 Å². The van der Waals surface area contributed by atoms with E-state index in [1.807, 2.05) is 0 Å². The Bertz CT molecular complexity index is 488. The van der Waals surface area contributed by atoms with E-state index < -0.39 is 0 Å². The van der Waals surface area contributed by atoms with Crippen LogP contribution in [0.3, 0.4) is 0 Å². The fourth-order valence-corrected chi connectivity index (χ4v) is 4.19. The average molecular weight is 324 g/mol. The molecule has 0 aromatic heterocycles. The summed E-state index contributed by atoms with van der Waals surface area (Å²) in [5.41, 5.74) is 9.23. The van der Waals surface area contributed by atoms with Gasteiger partial charge in [-0.15, -0.1) is 0 Å². The third-order valence-corrected chi connectivity index (χ3v) is 5.15. The van der Waals surface area contributed by atoms with E-state index in [-0.39, 0.29) is 5.54 Å². The SMILES string of the molecule is CCC1CCC(N)(Cc2cc(Br)cc3c2OCC3)C1. The Morgan fingerprint density at radius 2 is 2.32 bits per heavy atom. The molecule has 0 radical (unpaired) electrons. The van der Waals surface area contributed by atoms with Crippen molar-refractivity contribution in [3.05, 3.63) is 27.7 Å². The molecule has 1 saturated carbocycles. The van der Waals surface area contributed by atoms with Crippen LogP contribution in [-0.2, 0) is 12.8 Å². The summed E-state index contributed by atoms with van der Waals surface area (Å²) >= 11 is 3.61. The number of ether oxygens (including phenoxy) is 1. The second-order valence-corrected chi connectivity index (χ2v) is 7.12. The first-order valence-corrected chi connectivity index (χ1v) is 8.12. The molecule has 1 aromatic carbocycles. The van der Waals surface area contributed by atoms with Crippen molar-refractivity contribution in [1.29, 1.82) is 0 Å². The molecule has 1 aliphatic carbocycles. The zero-order valence-corrected chi connectivity index (χ0v) is 13.1. The number of hydrogen-bond acceptors (Lipinski definition) is 2. The van der Waals surface area contributed by atoms with Crippen molar-refractivity contribution in [2.45, 2.75) is 51.0 Å². The Labute approximate surface area is 123 Å². The summed E-state index contributed by atoms with van der Waals surface area (Å²) in [7, 11) is 0. The van der Waals surface area contributed by atoms with Crippen LogP contribution in [0.1, 0.15) is 43.7 Å². The lowest BCUT2D eigenvalue weighted by Crippen LogP contribution is -2.39. The van der Waals surface area contributed by atoms with Crippen molar-refractivity contribution in [3.63, 3.8) is 0 Å². The van der Waals surface area contributed by atoms with E-state index in [0.29, 0.717) is 0 Å². The molecule has 3 rings (SSSR count). The molecule has 2 N–H and O–H groups in total. The van der Waals surface area contributed by atoms with Crippen LogP contribution >= 0.6 is 15.9 Å². The lowest BCUT2D eigenvalue weighted by atomic mass is 9.88. The van der Waals surface area contributed by atoms with Crippen LogP contribution in [0.5, 0.6) is 5.75 Å². The van der Waals surface area contributed by atoms with Crippen LogP contribution in [0.25, 0.3) is 0 Å². The molecular weight excluding hydrogens is 302 g/mol. The monoisotopic (exact) mass is 323 g/mol. The van der Waals surface area contributed by atoms with Gasteiger partial charge in [0.05, 0.1) is 6.61 Å². The largest absolute Gasteiger partial charge is 0.493 e. The summed E-state index contributed by atoms with van der Waals surface area (Å²) in [6.07, 6.45) is 6.82. The number of hydrogen-bond donors (Lipinski definition) is 1. The van der Waals surface area contributed by atoms with Crippen molar-refractivity contribution >= 4 is 15.9 Å². The van der Waals surface area contributed by atoms with Gasteiger partial charge in [0.25, 0.3) is 0 Å². The highest BCUT2D eigenvalue weighted by atomic mass is 79.9. The molecule has 1 aliphatic heterocycles. The first kappa shape index (κ1) is 13.4. The molecule has 2 aliphatic rings. The number of benzene rings is 1. The second kappa shape index (κ2) is 5.10. The Hall–Kier alpha value is -0.540. The van der Waals surface area contributed by atoms with Crippen LogP contribution in [-0.4, -0.2) is 12.1 Å². The molecule has 2 nitrogen and oxygen atoms in total. The first-order chi connectivity index (χ1) is 9.09. The van der Waals surface area contributed by atoms with Crippen LogP contribution < -0.4 is 10.5 Å². The van der Waals surface area contributed by atoms with Crippen LogP contribution in [0, 0.1) is 5.92 Å². The predicted molar refractivity (Wildman–Crippen MR) is 81.6 cm³/mol. The van der Waals surface area contributed by atoms with Crippen LogP contribution in [0.15, 0.2) is 16.6 Å². The van der Waals surface area contributed by atoms with Gasteiger partial charge in [-0.2, -0.15) is 0 Å². The Morgan fingerprint density at radius 3 is 3.05 bits per heavy atom. The van der Waals surface area contributed by atoms with Crippen molar-refractivity contribution in [2.75, 3.05) is 6.61 Å². The van der Waals surface area contributed by atoms with Gasteiger partial charge in [0.15, 0.2) is 0 Å². The zero-order valence-electron chi connectivity index (χ0n) is 11.5. The van der Waals surface area contributed by atoms with Crippen LogP contribution in [0.4, 0.5) is 0 Å². The minimum atomic E-state index is -0.0266. The molecule has 0 amide bonds. The molecule has 104 valence electrons. The van der Waals surface area contributed by atoms with E-state index >= 15 is 0 Å². The molecule has 3 heteroatoms. The van der Waals surface area contributed by atoms with Crippen molar-refractivity contribution in [1.82, 2.24) is 0 Å². The normalized spacial score (nSPS) is 29.3. The van der Waals surface area contributed by atoms with Gasteiger partial charge in [-0.3, -0.25) is 0 Å². The molecule has 2 unspecified atom stereocenters. The van der Waals surface area contributed by atoms with Gasteiger partial charge in [-0.25, -0.2) is 0 Å². The lowest BCUT2D eigenvalue weighted by molar-refractivity contribution is 0.345. The Kier molecular flexibility index (Phi) is 3.61. The fraction of sp³-hybridized carbons (Fsp3) is 0.625. The molecule has 1 fully saturated rings. The molecule has 0 spiro atoms. The van der Waals surface area contributed by atoms with Gasteiger partial charge < -0.3 is 10.5 Å². The van der Waals surface area contributed by atoms with E-state index in [4.69, 9.17) is 10.5 Å². The summed E-state index contributed by atoms with van der Waals surface area (Å²) in [5, 5.41) is 0. The molecule has 1 aromatic rings. The highest BCUT2D eigenvalue weighted by molar-refractivity contribution is 9.10. The summed E-state index contributed by atoms with van der Waals surface area (Å²) in [6.45, 7) is 3.09. The van der Waals surface area contributed by atoms with E-state index in [1.165, 1.54) is 24.0 Å². The van der Waals surface area contributed by atoms with Gasteiger partial charge in [0, 0.05) is 16.4 Å². The van der Waals surface area contributed by atoms with Crippen molar-refractivity contribution < 1.29 is 4.74 Å². The molecular formula is C16H22BrNO. The van der Waals surface area contributed by atoms with Crippen molar-refractivity contribution in [2.24, 2.45) is 11.7 Å². The third kappa shape index (κ3) is 2.68. The number of nitrogens with two attached hydrogens (primary N) is 1. The minimum absolute atomic E-state index is 0.0266. The molecule has 0 bridgehead atoms. The van der Waals surface area contributed by atoms with E-state index in [2.05, 4.69) is 35.0 Å². The van der Waals surface area contributed by atoms with Gasteiger partial charge in [-0.05, 0) is 54.9 Å². The Morgan fingerprint density at radius 1 is 1.47 bits per heavy atom. The number of halogens is 1. The van der Waals surface area contributed by atoms with Gasteiger partial charge in [0.2, 0.25) is 0 Å². The zero-order chi connectivity index (χ0) is 13.5. The lowest BCUT2D eigenvalue weighted by Gasteiger charge is -2.25. The molecule has 0 saturated heterocycles. The summed E-state index contributed by atoms with van der Waals surface area (Å²) in [6, 6.07) is 4.37. The smallest absolute Gasteiger partial charge is 0.125 e. The fourth-order valence-electron chi connectivity index (χ4n) is 3.64. The molecule has 19 heavy (non-hydrogen) atoms. The summed E-state index contributed by atoms with van der Waals surface area (Å²) in [4.78, 5) is 0. The molecule has 2 atom stereocenters. The second-order valence-electron chi connectivity index (χ2n) is 6.21. The van der Waals surface area contributed by atoms with Gasteiger partial charge in [0.1, 0.15) is 5.75 Å². The number of rotatable bonds is 3. The summed E-state index contributed by atoms with van der Waals surface area (Å²) < 4.78 is 6.97. The third-order valence-electron chi connectivity index (χ3n) is 4.69. The first-order valence-electron chi connectivity index (χ1n) is 7.32. The van der Waals surface area contributed by atoms with Crippen LogP contribution in [0.2, 0.25) is 0 Å². The maximum absolute atomic E-state index is 6.63. The summed E-state index contributed by atoms with van der Waals surface area (Å²) in [5.74, 6) is 1.92.